The summed E-state index contributed by atoms with van der Waals surface area (Å²) in [6.45, 7) is 5.21. The van der Waals surface area contributed by atoms with Gasteiger partial charge in [0, 0.05) is 26.2 Å². The number of aromatic nitrogens is 1. The van der Waals surface area contributed by atoms with Crippen LogP contribution in [0.5, 0.6) is 5.75 Å². The van der Waals surface area contributed by atoms with Crippen LogP contribution in [-0.4, -0.2) is 49.1 Å². The van der Waals surface area contributed by atoms with Crippen molar-refractivity contribution >= 4 is 32.6 Å². The smallest absolute Gasteiger partial charge is 0.227 e. The molecule has 1 amide bonds. The van der Waals surface area contributed by atoms with E-state index in [9.17, 15) is 4.79 Å². The van der Waals surface area contributed by atoms with Gasteiger partial charge in [-0.25, -0.2) is 4.98 Å². The Morgan fingerprint density at radius 1 is 1.15 bits per heavy atom. The molecular formula is C21H23N3O2S. The van der Waals surface area contributed by atoms with Gasteiger partial charge in [0.2, 0.25) is 5.91 Å². The molecule has 1 saturated heterocycles. The van der Waals surface area contributed by atoms with Gasteiger partial charge in [-0.2, -0.15) is 0 Å². The molecule has 2 heterocycles. The Hall–Kier alpha value is -2.60. The molecule has 1 fully saturated rings. The number of hydrogen-bond donors (Lipinski definition) is 0. The van der Waals surface area contributed by atoms with Gasteiger partial charge >= 0.3 is 0 Å². The molecule has 1 aliphatic rings. The fourth-order valence-electron chi connectivity index (χ4n) is 3.43. The number of benzene rings is 2. The van der Waals surface area contributed by atoms with Gasteiger partial charge in [0.1, 0.15) is 5.75 Å². The van der Waals surface area contributed by atoms with Crippen LogP contribution in [0, 0.1) is 6.92 Å². The Labute approximate surface area is 163 Å². The number of amides is 1. The molecule has 0 unspecified atom stereocenters. The van der Waals surface area contributed by atoms with Gasteiger partial charge in [-0.05, 0) is 36.2 Å². The molecule has 1 aliphatic heterocycles. The summed E-state index contributed by atoms with van der Waals surface area (Å²) in [5, 5.41) is 1.05. The second-order valence-corrected chi connectivity index (χ2v) is 7.82. The maximum atomic E-state index is 12.6. The number of thiazole rings is 1. The van der Waals surface area contributed by atoms with Crippen molar-refractivity contribution in [2.24, 2.45) is 0 Å². The molecule has 1 aromatic heterocycles. The van der Waals surface area contributed by atoms with Crippen LogP contribution in [0.2, 0.25) is 0 Å². The quantitative estimate of drug-likeness (QED) is 0.694. The molecule has 0 N–H and O–H groups in total. The number of piperazine rings is 1. The number of aryl methyl sites for hydroxylation is 1. The van der Waals surface area contributed by atoms with Gasteiger partial charge in [0.15, 0.2) is 5.13 Å². The van der Waals surface area contributed by atoms with Crippen molar-refractivity contribution in [3.63, 3.8) is 0 Å². The van der Waals surface area contributed by atoms with Crippen LogP contribution in [0.3, 0.4) is 0 Å². The standard InChI is InChI=1S/C21H23N3O2S/c1-15-5-3-8-18-20(15)22-21(27-18)24-11-9-23(10-12-24)19(25)14-16-6-4-7-17(13-16)26-2/h3-8,13H,9-12,14H2,1-2H3. The van der Waals surface area contributed by atoms with Gasteiger partial charge in [-0.1, -0.05) is 35.6 Å². The number of methoxy groups -OCH3 is 1. The van der Waals surface area contributed by atoms with Crippen LogP contribution in [0.1, 0.15) is 11.1 Å². The summed E-state index contributed by atoms with van der Waals surface area (Å²) in [6.07, 6.45) is 0.414. The zero-order chi connectivity index (χ0) is 18.8. The Kier molecular flexibility index (Phi) is 4.99. The van der Waals surface area contributed by atoms with E-state index in [-0.39, 0.29) is 5.91 Å². The molecule has 6 heteroatoms. The summed E-state index contributed by atoms with van der Waals surface area (Å²) in [7, 11) is 1.64. The molecule has 0 aliphatic carbocycles. The Bertz CT molecular complexity index is 961. The lowest BCUT2D eigenvalue weighted by molar-refractivity contribution is -0.130. The second kappa shape index (κ2) is 7.56. The number of rotatable bonds is 4. The lowest BCUT2D eigenvalue weighted by atomic mass is 10.1. The highest BCUT2D eigenvalue weighted by Crippen LogP contribution is 2.31. The number of ether oxygens (including phenoxy) is 1. The lowest BCUT2D eigenvalue weighted by Gasteiger charge is -2.34. The Balaban J connectivity index is 1.39. The maximum Gasteiger partial charge on any atom is 0.227 e. The van der Waals surface area contributed by atoms with Crippen LogP contribution in [0.4, 0.5) is 5.13 Å². The van der Waals surface area contributed by atoms with Crippen molar-refractivity contribution in [1.29, 1.82) is 0 Å². The number of para-hydroxylation sites is 1. The molecule has 3 aromatic rings. The van der Waals surface area contributed by atoms with Crippen molar-refractivity contribution in [3.8, 4) is 5.75 Å². The van der Waals surface area contributed by atoms with E-state index in [1.807, 2.05) is 29.2 Å². The monoisotopic (exact) mass is 381 g/mol. The third-order valence-corrected chi connectivity index (χ3v) is 6.08. The third kappa shape index (κ3) is 3.76. The summed E-state index contributed by atoms with van der Waals surface area (Å²) < 4.78 is 6.46. The van der Waals surface area contributed by atoms with Crippen LogP contribution >= 0.6 is 11.3 Å². The van der Waals surface area contributed by atoms with E-state index < -0.39 is 0 Å². The van der Waals surface area contributed by atoms with E-state index in [1.165, 1.54) is 10.3 Å². The first-order valence-electron chi connectivity index (χ1n) is 9.16. The molecule has 0 saturated carbocycles. The minimum absolute atomic E-state index is 0.169. The molecule has 0 spiro atoms. The highest BCUT2D eigenvalue weighted by atomic mass is 32.1. The number of nitrogens with zero attached hydrogens (tertiary/aromatic N) is 3. The fourth-order valence-corrected chi connectivity index (χ4v) is 4.52. The molecule has 0 atom stereocenters. The number of carbonyl (C=O) groups excluding carboxylic acids is 1. The summed E-state index contributed by atoms with van der Waals surface area (Å²) in [5.74, 6) is 0.958. The van der Waals surface area contributed by atoms with Gasteiger partial charge in [0.05, 0.1) is 23.7 Å². The van der Waals surface area contributed by atoms with Crippen molar-refractivity contribution in [3.05, 3.63) is 53.6 Å². The number of hydrogen-bond acceptors (Lipinski definition) is 5. The molecule has 2 aromatic carbocycles. The number of fused-ring (bicyclic) bond motifs is 1. The molecule has 140 valence electrons. The first-order chi connectivity index (χ1) is 13.1. The summed E-state index contributed by atoms with van der Waals surface area (Å²) in [4.78, 5) is 21.7. The predicted molar refractivity (Wildman–Crippen MR) is 110 cm³/mol. The Morgan fingerprint density at radius 2 is 1.93 bits per heavy atom. The van der Waals surface area contributed by atoms with Crippen LogP contribution in [-0.2, 0) is 11.2 Å². The third-order valence-electron chi connectivity index (χ3n) is 5.00. The van der Waals surface area contributed by atoms with Crippen LogP contribution < -0.4 is 9.64 Å². The average molecular weight is 382 g/mol. The van der Waals surface area contributed by atoms with E-state index in [4.69, 9.17) is 9.72 Å². The van der Waals surface area contributed by atoms with E-state index in [0.29, 0.717) is 6.42 Å². The van der Waals surface area contributed by atoms with E-state index in [2.05, 4.69) is 30.0 Å². The van der Waals surface area contributed by atoms with Crippen LogP contribution in [0.25, 0.3) is 10.2 Å². The SMILES string of the molecule is COc1cccc(CC(=O)N2CCN(c3nc4c(C)cccc4s3)CC2)c1. The predicted octanol–water partition coefficient (Wildman–Crippen LogP) is 3.50. The first kappa shape index (κ1) is 17.8. The normalized spacial score (nSPS) is 14.6. The average Bonchev–Trinajstić information content (AvgIpc) is 3.14. The zero-order valence-electron chi connectivity index (χ0n) is 15.6. The summed E-state index contributed by atoms with van der Waals surface area (Å²) in [5.41, 5.74) is 3.29. The van der Waals surface area contributed by atoms with Crippen molar-refractivity contribution in [2.75, 3.05) is 38.2 Å². The molecule has 4 rings (SSSR count). The molecule has 5 nitrogen and oxygen atoms in total. The summed E-state index contributed by atoms with van der Waals surface area (Å²) >= 11 is 1.73. The van der Waals surface area contributed by atoms with Gasteiger partial charge in [-0.15, -0.1) is 0 Å². The van der Waals surface area contributed by atoms with E-state index in [0.717, 1.165) is 48.1 Å². The lowest BCUT2D eigenvalue weighted by Crippen LogP contribution is -2.49. The largest absolute Gasteiger partial charge is 0.497 e. The summed E-state index contributed by atoms with van der Waals surface area (Å²) in [6, 6.07) is 14.0. The van der Waals surface area contributed by atoms with Crippen molar-refractivity contribution in [1.82, 2.24) is 9.88 Å². The van der Waals surface area contributed by atoms with Crippen molar-refractivity contribution in [2.45, 2.75) is 13.3 Å². The van der Waals surface area contributed by atoms with E-state index >= 15 is 0 Å². The maximum absolute atomic E-state index is 12.6. The molecular weight excluding hydrogens is 358 g/mol. The molecule has 27 heavy (non-hydrogen) atoms. The first-order valence-corrected chi connectivity index (χ1v) is 9.97. The van der Waals surface area contributed by atoms with Crippen LogP contribution in [0.15, 0.2) is 42.5 Å². The topological polar surface area (TPSA) is 45.7 Å². The highest BCUT2D eigenvalue weighted by molar-refractivity contribution is 7.22. The minimum atomic E-state index is 0.169. The number of anilines is 1. The van der Waals surface area contributed by atoms with Crippen molar-refractivity contribution < 1.29 is 9.53 Å². The van der Waals surface area contributed by atoms with Gasteiger partial charge in [0.25, 0.3) is 0 Å². The Morgan fingerprint density at radius 3 is 2.67 bits per heavy atom. The zero-order valence-corrected chi connectivity index (χ0v) is 16.5. The van der Waals surface area contributed by atoms with Gasteiger partial charge < -0.3 is 14.5 Å². The second-order valence-electron chi connectivity index (χ2n) is 6.81. The number of carbonyl (C=O) groups is 1. The van der Waals surface area contributed by atoms with Gasteiger partial charge in [-0.3, -0.25) is 4.79 Å². The minimum Gasteiger partial charge on any atom is -0.497 e. The van der Waals surface area contributed by atoms with E-state index in [1.54, 1.807) is 18.4 Å². The molecule has 0 bridgehead atoms. The fraction of sp³-hybridized carbons (Fsp3) is 0.333. The highest BCUT2D eigenvalue weighted by Gasteiger charge is 2.23. The molecule has 0 radical (unpaired) electrons.